The van der Waals surface area contributed by atoms with E-state index in [-0.39, 0.29) is 44.0 Å². The third kappa shape index (κ3) is 28.9. The third-order valence-electron chi connectivity index (χ3n) is 23.1. The molecule has 1 saturated heterocycles. The van der Waals surface area contributed by atoms with E-state index in [0.29, 0.717) is 24.8 Å². The second-order valence-corrected chi connectivity index (χ2v) is 35.5. The number of benzene rings is 6. The molecule has 13 amide bonds. The number of esters is 1. The number of aliphatic hydroxyl groups is 1. The number of alkyl carbamates (subject to hydrolysis) is 1. The van der Waals surface area contributed by atoms with Gasteiger partial charge in [-0.2, -0.15) is 0 Å². The molecule has 0 bridgehead atoms. The number of carbonyl (C=O) groups excluding carboxylic acids is 14. The standard InChI is InChI=1S/C98H125N15O20/c1-14-58(3)82(110-90(124)76-45-32-48-113(76)93(127)83(59(4)15-2)108-80(118)54-102-95(130)131-56-72-70-43-30-28-41-68(70)69-42-29-31-44-71(69)72)91(125)101-51-77(115)99-52-78(116)105-75(50-67-55-112(57-103-67)98(64-35-22-17-23-36-64,65-37-24-18-25-38-65)66-39-26-19-27-40-66)88(122)104-60(5)86(120)106-73(46-47-81(119)133-97(11,12)13)87(121)100-53-79(117)109-85(62(7)132-96(8,9)10)92(126)107-74(49-63-33-20-16-21-34-63)89(123)111-84(61(6)114)94(128)129/h16-31,33-44,55,57-62,72-76,82-85,114H,14-15,32,45-54,56H2,1-13H3,(H,99,115)(H,100,121)(H,101,125)(H,102,130)(H,104,122)(H,105,116)(H,106,120)(H,107,126)(H,108,118)(H,109,117)(H,110,124)(H,111,123)(H,128,129)/t58-,59-,60-,61+,62+,73-,74-,75-,76-,82-,83-,84-,85-/m0/s1. The monoisotopic (exact) mass is 1830 g/mol. The number of aliphatic carboxylic acids is 1. The molecule has 712 valence electrons. The number of aromatic nitrogens is 2. The van der Waals surface area contributed by atoms with E-state index in [1.165, 1.54) is 18.7 Å². The van der Waals surface area contributed by atoms with Crippen molar-refractivity contribution < 1.29 is 96.3 Å². The number of carboxylic acids is 1. The van der Waals surface area contributed by atoms with Crippen molar-refractivity contribution in [1.29, 1.82) is 0 Å². The van der Waals surface area contributed by atoms with Crippen molar-refractivity contribution in [2.45, 2.75) is 231 Å². The van der Waals surface area contributed by atoms with E-state index >= 15 is 4.79 Å². The number of likely N-dealkylation sites (tertiary alicyclic amines) is 1. The highest BCUT2D eigenvalue weighted by molar-refractivity contribution is 5.99. The van der Waals surface area contributed by atoms with Gasteiger partial charge in [0.15, 0.2) is 6.04 Å². The summed E-state index contributed by atoms with van der Waals surface area (Å²) in [6.07, 6.45) is -0.257. The molecule has 133 heavy (non-hydrogen) atoms. The average molecular weight is 1830 g/mol. The van der Waals surface area contributed by atoms with Crippen LogP contribution in [0.3, 0.4) is 0 Å². The molecular weight excluding hydrogens is 1710 g/mol. The molecule has 1 aliphatic heterocycles. The van der Waals surface area contributed by atoms with Gasteiger partial charge in [-0.1, -0.05) is 210 Å². The molecule has 2 aliphatic rings. The van der Waals surface area contributed by atoms with E-state index < -0.39 is 223 Å². The molecule has 0 saturated carbocycles. The first-order valence-corrected chi connectivity index (χ1v) is 44.9. The Hall–Kier alpha value is -13.7. The van der Waals surface area contributed by atoms with Gasteiger partial charge in [0.2, 0.25) is 70.9 Å². The van der Waals surface area contributed by atoms with Gasteiger partial charge in [0, 0.05) is 37.9 Å². The number of nitrogens with zero attached hydrogens (tertiary/aromatic N) is 3. The number of rotatable bonds is 45. The van der Waals surface area contributed by atoms with Gasteiger partial charge in [0.05, 0.1) is 49.5 Å². The third-order valence-corrected chi connectivity index (χ3v) is 23.1. The van der Waals surface area contributed by atoms with Crippen molar-refractivity contribution in [1.82, 2.24) is 78.3 Å². The summed E-state index contributed by atoms with van der Waals surface area (Å²) >= 11 is 0. The van der Waals surface area contributed by atoms with Crippen molar-refractivity contribution in [2.24, 2.45) is 11.8 Å². The second kappa shape index (κ2) is 47.9. The van der Waals surface area contributed by atoms with E-state index in [4.69, 9.17) is 19.2 Å². The summed E-state index contributed by atoms with van der Waals surface area (Å²) in [4.78, 5) is 216. The molecule has 14 N–H and O–H groups in total. The van der Waals surface area contributed by atoms with Crippen LogP contribution >= 0.6 is 0 Å². The maximum absolute atomic E-state index is 15.0. The van der Waals surface area contributed by atoms with Crippen LogP contribution in [0.4, 0.5) is 4.79 Å². The molecule has 7 aromatic rings. The zero-order valence-electron chi connectivity index (χ0n) is 77.4. The van der Waals surface area contributed by atoms with Crippen molar-refractivity contribution >= 4 is 88.9 Å². The van der Waals surface area contributed by atoms with Crippen molar-refractivity contribution in [3.8, 4) is 11.1 Å². The Bertz CT molecular complexity index is 5080. The minimum absolute atomic E-state index is 0.0126. The van der Waals surface area contributed by atoms with E-state index in [1.807, 2.05) is 151 Å². The number of imidazole rings is 1. The van der Waals surface area contributed by atoms with Crippen LogP contribution in [0.2, 0.25) is 0 Å². The molecule has 9 rings (SSSR count). The summed E-state index contributed by atoms with van der Waals surface area (Å²) in [7, 11) is 0. The zero-order chi connectivity index (χ0) is 97.0. The van der Waals surface area contributed by atoms with Crippen molar-refractivity contribution in [3.63, 3.8) is 0 Å². The molecule has 1 fully saturated rings. The molecule has 1 aromatic heterocycles. The lowest BCUT2D eigenvalue weighted by atomic mass is 9.77. The molecule has 6 aromatic carbocycles. The topological polar surface area (TPSA) is 490 Å². The summed E-state index contributed by atoms with van der Waals surface area (Å²) in [6, 6.07) is 39.8. The summed E-state index contributed by atoms with van der Waals surface area (Å²) in [5.41, 5.74) is 4.34. The van der Waals surface area contributed by atoms with Gasteiger partial charge in [-0.3, -0.25) is 62.3 Å². The second-order valence-electron chi connectivity index (χ2n) is 35.5. The van der Waals surface area contributed by atoms with E-state index in [9.17, 15) is 77.3 Å². The first-order chi connectivity index (χ1) is 63.2. The van der Waals surface area contributed by atoms with Crippen LogP contribution in [-0.4, -0.2) is 231 Å². The van der Waals surface area contributed by atoms with E-state index in [2.05, 4.69) is 63.8 Å². The summed E-state index contributed by atoms with van der Waals surface area (Å²) in [6.45, 7) is 18.2. The van der Waals surface area contributed by atoms with E-state index in [0.717, 1.165) is 45.9 Å². The van der Waals surface area contributed by atoms with Crippen LogP contribution in [0.5, 0.6) is 0 Å². The maximum atomic E-state index is 15.0. The Balaban J connectivity index is 0.874. The SMILES string of the molecule is CC[C@H](C)[C@H](NC(=O)[C@@H]1CCCN1C(=O)[C@@H](NC(=O)CNC(=O)OCC1c2ccccc2-c2ccccc21)[C@@H](C)CC)C(=O)NCC(=O)NCC(=O)N[C@@H](Cc1cn(C(c2ccccc2)(c2ccccc2)c2ccccc2)cn1)C(=O)N[C@@H](C)C(=O)N[C@@H](CCC(=O)OC(C)(C)C)C(=O)NCC(=O)N[C@H](C(=O)N[C@@H](Cc1ccccc1)C(=O)N[C@H](C(=O)O)[C@@H](C)O)[C@@H](C)OC(C)(C)C. The number of nitrogens with one attached hydrogen (secondary N) is 12. The van der Waals surface area contributed by atoms with Gasteiger partial charge in [0.25, 0.3) is 0 Å². The molecule has 0 unspecified atom stereocenters. The molecule has 35 nitrogen and oxygen atoms in total. The Kier molecular flexibility index (Phi) is 37.1. The number of carbonyl (C=O) groups is 15. The Morgan fingerprint density at radius 3 is 1.52 bits per heavy atom. The fraction of sp³-hybridized carbons (Fsp3) is 0.449. The van der Waals surface area contributed by atoms with Crippen molar-refractivity contribution in [3.05, 3.63) is 221 Å². The summed E-state index contributed by atoms with van der Waals surface area (Å²) < 4.78 is 19.1. The van der Waals surface area contributed by atoms with Crippen LogP contribution in [-0.2, 0) is 99.7 Å². The zero-order valence-corrected chi connectivity index (χ0v) is 77.4. The van der Waals surface area contributed by atoms with Gasteiger partial charge in [0.1, 0.15) is 72.6 Å². The highest BCUT2D eigenvalue weighted by Gasteiger charge is 2.44. The van der Waals surface area contributed by atoms with Crippen LogP contribution in [0.1, 0.15) is 174 Å². The largest absolute Gasteiger partial charge is 0.480 e. The maximum Gasteiger partial charge on any atom is 0.407 e. The number of hydrogen-bond donors (Lipinski definition) is 14. The number of fused-ring (bicyclic) bond motifs is 3. The van der Waals surface area contributed by atoms with E-state index in [1.54, 1.807) is 105 Å². The first kappa shape index (κ1) is 103. The average Bonchev–Trinajstić information content (AvgIpc) is 1.67. The molecule has 0 radical (unpaired) electrons. The minimum Gasteiger partial charge on any atom is -0.480 e. The van der Waals surface area contributed by atoms with Gasteiger partial charge in [-0.25, -0.2) is 14.6 Å². The van der Waals surface area contributed by atoms with Gasteiger partial charge in [-0.05, 0) is 138 Å². The number of aliphatic hydroxyl groups excluding tert-OH is 1. The molecule has 13 atom stereocenters. The number of amides is 13. The number of ether oxygens (including phenoxy) is 3. The molecule has 2 heterocycles. The predicted octanol–water partition coefficient (Wildman–Crippen LogP) is 5.17. The summed E-state index contributed by atoms with van der Waals surface area (Å²) in [5, 5.41) is 50.8. The molecule has 35 heteroatoms. The molecular formula is C98H125N15O20. The Morgan fingerprint density at radius 2 is 0.970 bits per heavy atom. The minimum atomic E-state index is -1.77. The number of carboxylic acid groups (broad SMARTS) is 1. The number of hydrogen-bond acceptors (Lipinski definition) is 20. The predicted molar refractivity (Wildman–Crippen MR) is 492 cm³/mol. The van der Waals surface area contributed by atoms with Gasteiger partial charge in [-0.15, -0.1) is 0 Å². The lowest BCUT2D eigenvalue weighted by Gasteiger charge is -2.37. The lowest BCUT2D eigenvalue weighted by molar-refractivity contribution is -0.155. The molecule has 0 spiro atoms. The Labute approximate surface area is 774 Å². The fourth-order valence-corrected chi connectivity index (χ4v) is 16.1. The van der Waals surface area contributed by atoms with Crippen LogP contribution in [0.15, 0.2) is 182 Å². The van der Waals surface area contributed by atoms with Crippen LogP contribution in [0, 0.1) is 11.8 Å². The van der Waals surface area contributed by atoms with Crippen LogP contribution in [0.25, 0.3) is 11.1 Å². The quantitative estimate of drug-likeness (QED) is 0.0173. The Morgan fingerprint density at radius 1 is 0.481 bits per heavy atom. The lowest BCUT2D eigenvalue weighted by Crippen LogP contribution is -2.61. The summed E-state index contributed by atoms with van der Waals surface area (Å²) in [5.74, 6) is -13.9. The normalized spacial score (nSPS) is 15.7. The highest BCUT2D eigenvalue weighted by Crippen LogP contribution is 2.45. The first-order valence-electron chi connectivity index (χ1n) is 44.9. The molecule has 1 aliphatic carbocycles. The smallest absolute Gasteiger partial charge is 0.407 e. The fourth-order valence-electron chi connectivity index (χ4n) is 16.1. The van der Waals surface area contributed by atoms with Crippen LogP contribution < -0.4 is 63.8 Å². The van der Waals surface area contributed by atoms with Gasteiger partial charge >= 0.3 is 18.0 Å². The van der Waals surface area contributed by atoms with Gasteiger partial charge < -0.3 is 97.7 Å². The van der Waals surface area contributed by atoms with Crippen molar-refractivity contribution in [2.75, 3.05) is 39.3 Å². The highest BCUT2D eigenvalue weighted by atomic mass is 16.6.